The number of carbonyl (C=O) groups excluding carboxylic acids is 1. The van der Waals surface area contributed by atoms with Crippen LogP contribution in [0.25, 0.3) is 0 Å². The van der Waals surface area contributed by atoms with Crippen LogP contribution in [0, 0.1) is 0 Å². The van der Waals surface area contributed by atoms with Crippen molar-refractivity contribution in [1.82, 2.24) is 14.5 Å². The molecule has 0 radical (unpaired) electrons. The van der Waals surface area contributed by atoms with E-state index in [0.717, 1.165) is 12.8 Å². The minimum absolute atomic E-state index is 0.139. The molecule has 1 amide bonds. The van der Waals surface area contributed by atoms with Crippen LogP contribution in [-0.2, 0) is 14.8 Å². The van der Waals surface area contributed by atoms with E-state index in [2.05, 4.69) is 11.9 Å². The lowest BCUT2D eigenvalue weighted by Crippen LogP contribution is -2.41. The molecule has 0 saturated carbocycles. The minimum atomic E-state index is -3.35. The third-order valence-corrected chi connectivity index (χ3v) is 3.50. The van der Waals surface area contributed by atoms with E-state index in [1.165, 1.54) is 4.31 Å². The van der Waals surface area contributed by atoms with Gasteiger partial charge in [0.1, 0.15) is 0 Å². The van der Waals surface area contributed by atoms with Gasteiger partial charge in [0, 0.05) is 13.1 Å². The summed E-state index contributed by atoms with van der Waals surface area (Å²) < 4.78 is 24.2. The maximum Gasteiger partial charge on any atom is 0.235 e. The Kier molecular flexibility index (Phi) is 7.81. The van der Waals surface area contributed by atoms with Crippen LogP contribution in [0.3, 0.4) is 0 Å². The van der Waals surface area contributed by atoms with Crippen LogP contribution in [-0.4, -0.2) is 70.1 Å². The normalized spacial score (nSPS) is 11.8. The Morgan fingerprint density at radius 3 is 2.39 bits per heavy atom. The second-order valence-corrected chi connectivity index (χ2v) is 6.33. The van der Waals surface area contributed by atoms with E-state index >= 15 is 0 Å². The molecule has 0 aliphatic carbocycles. The molecule has 0 aliphatic rings. The fraction of sp³-hybridized carbons (Fsp3) is 0.727. The molecule has 0 aliphatic heterocycles. The third kappa shape index (κ3) is 8.21. The lowest BCUT2D eigenvalue weighted by Gasteiger charge is -2.20. The van der Waals surface area contributed by atoms with Crippen LogP contribution in [0.15, 0.2) is 12.7 Å². The summed E-state index contributed by atoms with van der Waals surface area (Å²) in [7, 11) is 0.482. The summed E-state index contributed by atoms with van der Waals surface area (Å²) in [5.41, 5.74) is 0. The Bertz CT molecular complexity index is 366. The zero-order valence-corrected chi connectivity index (χ0v) is 12.2. The number of nitrogens with one attached hydrogen (secondary N) is 1. The number of hydrogen-bond donors (Lipinski definition) is 1. The molecule has 0 heterocycles. The Morgan fingerprint density at radius 2 is 1.94 bits per heavy atom. The number of nitrogens with zero attached hydrogens (tertiary/aromatic N) is 2. The number of carbonyl (C=O) groups is 1. The van der Waals surface area contributed by atoms with E-state index in [1.54, 1.807) is 6.08 Å². The molecule has 7 heteroatoms. The van der Waals surface area contributed by atoms with Crippen LogP contribution in [0.2, 0.25) is 0 Å². The smallest absolute Gasteiger partial charge is 0.235 e. The van der Waals surface area contributed by atoms with Crippen LogP contribution in [0.1, 0.15) is 6.42 Å². The first-order valence-corrected chi connectivity index (χ1v) is 7.59. The molecule has 0 bridgehead atoms. The Balaban J connectivity index is 4.33. The van der Waals surface area contributed by atoms with Gasteiger partial charge in [-0.05, 0) is 27.1 Å². The van der Waals surface area contributed by atoms with Gasteiger partial charge in [0.25, 0.3) is 0 Å². The highest BCUT2D eigenvalue weighted by Crippen LogP contribution is 2.00. The standard InChI is InChI=1S/C11H23N3O3S/c1-5-7-12-11(15)10-14(18(4,16)17)9-6-8-13(2)3/h5H,1,6-10H2,2-4H3,(H,12,15). The fourth-order valence-corrected chi connectivity index (χ4v) is 2.14. The predicted molar refractivity (Wildman–Crippen MR) is 72.8 cm³/mol. The van der Waals surface area contributed by atoms with Gasteiger partial charge >= 0.3 is 0 Å². The van der Waals surface area contributed by atoms with Gasteiger partial charge in [-0.2, -0.15) is 4.31 Å². The van der Waals surface area contributed by atoms with Gasteiger partial charge in [0.2, 0.25) is 15.9 Å². The van der Waals surface area contributed by atoms with Crippen molar-refractivity contribution in [2.24, 2.45) is 0 Å². The molecule has 0 aromatic heterocycles. The summed E-state index contributed by atoms with van der Waals surface area (Å²) in [5.74, 6) is -0.315. The van der Waals surface area contributed by atoms with Gasteiger partial charge in [-0.3, -0.25) is 4.79 Å². The average molecular weight is 277 g/mol. The van der Waals surface area contributed by atoms with Gasteiger partial charge in [-0.1, -0.05) is 6.08 Å². The zero-order valence-electron chi connectivity index (χ0n) is 11.3. The van der Waals surface area contributed by atoms with E-state index < -0.39 is 10.0 Å². The van der Waals surface area contributed by atoms with Gasteiger partial charge in [0.05, 0.1) is 12.8 Å². The largest absolute Gasteiger partial charge is 0.351 e. The van der Waals surface area contributed by atoms with Gasteiger partial charge in [-0.25, -0.2) is 8.42 Å². The quantitative estimate of drug-likeness (QED) is 0.577. The van der Waals surface area contributed by atoms with Crippen LogP contribution in [0.5, 0.6) is 0 Å². The molecular weight excluding hydrogens is 254 g/mol. The Morgan fingerprint density at radius 1 is 1.33 bits per heavy atom. The number of hydrogen-bond acceptors (Lipinski definition) is 4. The Hall–Kier alpha value is -0.920. The molecule has 0 spiro atoms. The van der Waals surface area contributed by atoms with Crippen molar-refractivity contribution in [3.05, 3.63) is 12.7 Å². The van der Waals surface area contributed by atoms with Crippen molar-refractivity contribution in [3.8, 4) is 0 Å². The highest BCUT2D eigenvalue weighted by molar-refractivity contribution is 7.88. The zero-order chi connectivity index (χ0) is 14.2. The average Bonchev–Trinajstić information content (AvgIpc) is 2.23. The lowest BCUT2D eigenvalue weighted by molar-refractivity contribution is -0.121. The van der Waals surface area contributed by atoms with Crippen LogP contribution >= 0.6 is 0 Å². The number of sulfonamides is 1. The van der Waals surface area contributed by atoms with Gasteiger partial charge in [-0.15, -0.1) is 6.58 Å². The predicted octanol–water partition coefficient (Wildman–Crippen LogP) is -0.498. The molecular formula is C11H23N3O3S. The topological polar surface area (TPSA) is 69.7 Å². The number of amides is 1. The van der Waals surface area contributed by atoms with Crippen LogP contribution in [0.4, 0.5) is 0 Å². The van der Waals surface area contributed by atoms with Crippen molar-refractivity contribution in [2.75, 3.05) is 46.5 Å². The van der Waals surface area contributed by atoms with Crippen molar-refractivity contribution in [3.63, 3.8) is 0 Å². The summed E-state index contributed by atoms with van der Waals surface area (Å²) in [5, 5.41) is 2.56. The van der Waals surface area contributed by atoms with E-state index in [9.17, 15) is 13.2 Å². The summed E-state index contributed by atoms with van der Waals surface area (Å²) in [6, 6.07) is 0. The first-order valence-electron chi connectivity index (χ1n) is 5.74. The second-order valence-electron chi connectivity index (χ2n) is 4.35. The van der Waals surface area contributed by atoms with Crippen molar-refractivity contribution >= 4 is 15.9 Å². The maximum absolute atomic E-state index is 11.5. The number of rotatable bonds is 9. The fourth-order valence-electron chi connectivity index (χ4n) is 1.33. The van der Waals surface area contributed by atoms with Crippen molar-refractivity contribution < 1.29 is 13.2 Å². The molecule has 0 rings (SSSR count). The highest BCUT2D eigenvalue weighted by Gasteiger charge is 2.19. The lowest BCUT2D eigenvalue weighted by atomic mass is 10.4. The molecule has 0 unspecified atom stereocenters. The SMILES string of the molecule is C=CCNC(=O)CN(CCCN(C)C)S(C)(=O)=O. The molecule has 0 aromatic rings. The van der Waals surface area contributed by atoms with E-state index in [-0.39, 0.29) is 12.5 Å². The molecule has 0 saturated heterocycles. The first-order chi connectivity index (χ1) is 8.27. The van der Waals surface area contributed by atoms with E-state index in [0.29, 0.717) is 19.5 Å². The molecule has 18 heavy (non-hydrogen) atoms. The monoisotopic (exact) mass is 277 g/mol. The minimum Gasteiger partial charge on any atom is -0.351 e. The highest BCUT2D eigenvalue weighted by atomic mass is 32.2. The first kappa shape index (κ1) is 17.1. The summed E-state index contributed by atoms with van der Waals surface area (Å²) >= 11 is 0. The summed E-state index contributed by atoms with van der Waals surface area (Å²) in [4.78, 5) is 13.5. The summed E-state index contributed by atoms with van der Waals surface area (Å²) in [6.07, 6.45) is 3.35. The molecule has 0 fully saturated rings. The van der Waals surface area contributed by atoms with Crippen molar-refractivity contribution in [2.45, 2.75) is 6.42 Å². The second kappa shape index (κ2) is 8.23. The molecule has 0 aromatic carbocycles. The Labute approximate surface area is 110 Å². The van der Waals surface area contributed by atoms with E-state index in [1.807, 2.05) is 19.0 Å². The summed E-state index contributed by atoms with van der Waals surface area (Å²) in [6.45, 7) is 4.80. The molecule has 106 valence electrons. The van der Waals surface area contributed by atoms with Crippen LogP contribution < -0.4 is 5.32 Å². The van der Waals surface area contributed by atoms with Crippen molar-refractivity contribution in [1.29, 1.82) is 0 Å². The third-order valence-electron chi connectivity index (χ3n) is 2.25. The van der Waals surface area contributed by atoms with Gasteiger partial charge < -0.3 is 10.2 Å². The molecule has 0 atom stereocenters. The van der Waals surface area contributed by atoms with E-state index in [4.69, 9.17) is 0 Å². The molecule has 6 nitrogen and oxygen atoms in total. The maximum atomic E-state index is 11.5. The van der Waals surface area contributed by atoms with Gasteiger partial charge in [0.15, 0.2) is 0 Å². The molecule has 1 N–H and O–H groups in total.